The number of hydrogen-bond acceptors (Lipinski definition) is 3. The summed E-state index contributed by atoms with van der Waals surface area (Å²) >= 11 is 0. The van der Waals surface area contributed by atoms with E-state index in [9.17, 15) is 18.0 Å². The molecule has 2 fully saturated rings. The Labute approximate surface area is 123 Å². The van der Waals surface area contributed by atoms with E-state index in [1.165, 1.54) is 0 Å². The highest BCUT2D eigenvalue weighted by atomic mass is 19.4. The molecule has 2 aliphatic heterocycles. The normalized spacial score (nSPS) is 27.8. The molecule has 2 saturated heterocycles. The van der Waals surface area contributed by atoms with Gasteiger partial charge in [-0.05, 0) is 20.8 Å². The molecule has 0 aromatic heterocycles. The fourth-order valence-electron chi connectivity index (χ4n) is 3.00. The second-order valence-corrected chi connectivity index (χ2v) is 6.84. The lowest BCUT2D eigenvalue weighted by Gasteiger charge is -2.53. The zero-order chi connectivity index (χ0) is 15.8. The van der Waals surface area contributed by atoms with Gasteiger partial charge in [0.2, 0.25) is 5.91 Å². The summed E-state index contributed by atoms with van der Waals surface area (Å²) in [5.74, 6) is -0.404. The number of morpholine rings is 1. The second kappa shape index (κ2) is 5.76. The first-order chi connectivity index (χ1) is 9.58. The molecule has 7 heteroatoms. The average molecular weight is 308 g/mol. The summed E-state index contributed by atoms with van der Waals surface area (Å²) < 4.78 is 42.3. The number of amides is 1. The molecule has 0 N–H and O–H groups in total. The summed E-state index contributed by atoms with van der Waals surface area (Å²) in [6.07, 6.45) is -5.80. The van der Waals surface area contributed by atoms with E-state index in [0.717, 1.165) is 0 Å². The van der Waals surface area contributed by atoms with Crippen molar-refractivity contribution < 1.29 is 22.7 Å². The Morgan fingerprint density at radius 1 is 1.14 bits per heavy atom. The first-order valence-electron chi connectivity index (χ1n) is 7.28. The van der Waals surface area contributed by atoms with Gasteiger partial charge >= 0.3 is 6.18 Å². The summed E-state index contributed by atoms with van der Waals surface area (Å²) in [7, 11) is 0. The number of halogens is 3. The Morgan fingerprint density at radius 3 is 2.10 bits per heavy atom. The van der Waals surface area contributed by atoms with Gasteiger partial charge in [0.25, 0.3) is 0 Å². The molecule has 0 radical (unpaired) electrons. The van der Waals surface area contributed by atoms with Crippen molar-refractivity contribution in [1.82, 2.24) is 9.80 Å². The number of ether oxygens (including phenoxy) is 1. The van der Waals surface area contributed by atoms with Crippen LogP contribution in [0.5, 0.6) is 0 Å². The van der Waals surface area contributed by atoms with Gasteiger partial charge in [-0.25, -0.2) is 0 Å². The molecule has 2 unspecified atom stereocenters. The molecule has 0 aliphatic carbocycles. The van der Waals surface area contributed by atoms with Crippen LogP contribution in [0.25, 0.3) is 0 Å². The maximum Gasteiger partial charge on any atom is 0.389 e. The largest absolute Gasteiger partial charge is 0.389 e. The first-order valence-corrected chi connectivity index (χ1v) is 7.28. The summed E-state index contributed by atoms with van der Waals surface area (Å²) in [4.78, 5) is 16.1. The molecule has 1 amide bonds. The van der Waals surface area contributed by atoms with Crippen LogP contribution in [0.3, 0.4) is 0 Å². The molecule has 2 atom stereocenters. The van der Waals surface area contributed by atoms with Crippen LogP contribution in [0.2, 0.25) is 0 Å². The van der Waals surface area contributed by atoms with E-state index in [4.69, 9.17) is 4.74 Å². The third-order valence-electron chi connectivity index (χ3n) is 4.13. The highest BCUT2D eigenvalue weighted by Gasteiger charge is 2.43. The SMILES string of the molecule is CC(C)(C)N1CC2COCC(C1)N2C(=O)CCC(F)(F)F. The van der Waals surface area contributed by atoms with Gasteiger partial charge in [-0.3, -0.25) is 9.69 Å². The average Bonchev–Trinajstić information content (AvgIpc) is 2.32. The number of carbonyl (C=O) groups excluding carboxylic acids is 1. The Kier molecular flexibility index (Phi) is 4.54. The topological polar surface area (TPSA) is 32.8 Å². The first kappa shape index (κ1) is 16.5. The quantitative estimate of drug-likeness (QED) is 0.782. The van der Waals surface area contributed by atoms with Gasteiger partial charge in [0, 0.05) is 25.0 Å². The lowest BCUT2D eigenvalue weighted by Crippen LogP contribution is -2.68. The van der Waals surface area contributed by atoms with Gasteiger partial charge < -0.3 is 9.64 Å². The maximum absolute atomic E-state index is 12.3. The molecule has 0 aromatic carbocycles. The van der Waals surface area contributed by atoms with Crippen LogP contribution in [0.15, 0.2) is 0 Å². The van der Waals surface area contributed by atoms with Gasteiger partial charge in [0.05, 0.1) is 31.7 Å². The summed E-state index contributed by atoms with van der Waals surface area (Å²) in [6, 6.07) is -0.282. The Bertz CT molecular complexity index is 379. The molecule has 4 nitrogen and oxygen atoms in total. The van der Waals surface area contributed by atoms with Gasteiger partial charge in [-0.15, -0.1) is 0 Å². The second-order valence-electron chi connectivity index (χ2n) is 6.84. The number of carbonyl (C=O) groups is 1. The van der Waals surface area contributed by atoms with E-state index in [1.807, 2.05) is 0 Å². The zero-order valence-electron chi connectivity index (χ0n) is 12.7. The van der Waals surface area contributed by atoms with Crippen LogP contribution in [-0.4, -0.2) is 65.8 Å². The Balaban J connectivity index is 2.03. The predicted octanol–water partition coefficient (Wildman–Crippen LogP) is 2.04. The van der Waals surface area contributed by atoms with E-state index >= 15 is 0 Å². The molecule has 122 valence electrons. The number of piperazine rings is 1. The zero-order valence-corrected chi connectivity index (χ0v) is 12.7. The molecule has 2 bridgehead atoms. The molecule has 0 aromatic rings. The fourth-order valence-corrected chi connectivity index (χ4v) is 3.00. The van der Waals surface area contributed by atoms with Gasteiger partial charge in [0.15, 0.2) is 0 Å². The van der Waals surface area contributed by atoms with Crippen LogP contribution < -0.4 is 0 Å². The van der Waals surface area contributed by atoms with E-state index < -0.39 is 24.9 Å². The maximum atomic E-state index is 12.3. The van der Waals surface area contributed by atoms with Gasteiger partial charge in [0.1, 0.15) is 0 Å². The number of hydrogen-bond donors (Lipinski definition) is 0. The third kappa shape index (κ3) is 4.10. The van der Waals surface area contributed by atoms with E-state index in [0.29, 0.717) is 26.3 Å². The fraction of sp³-hybridized carbons (Fsp3) is 0.929. The Morgan fingerprint density at radius 2 is 1.67 bits per heavy atom. The van der Waals surface area contributed by atoms with E-state index in [2.05, 4.69) is 25.7 Å². The minimum atomic E-state index is -4.28. The number of nitrogens with zero attached hydrogens (tertiary/aromatic N) is 2. The van der Waals surface area contributed by atoms with Crippen LogP contribution >= 0.6 is 0 Å². The molecular weight excluding hydrogens is 285 g/mol. The monoisotopic (exact) mass is 308 g/mol. The smallest absolute Gasteiger partial charge is 0.377 e. The van der Waals surface area contributed by atoms with Crippen molar-refractivity contribution in [1.29, 1.82) is 0 Å². The number of fused-ring (bicyclic) bond motifs is 2. The van der Waals surface area contributed by atoms with Crippen molar-refractivity contribution in [2.24, 2.45) is 0 Å². The molecule has 0 saturated carbocycles. The van der Waals surface area contributed by atoms with Gasteiger partial charge in [-0.1, -0.05) is 0 Å². The Hall–Kier alpha value is -0.820. The van der Waals surface area contributed by atoms with Crippen molar-refractivity contribution in [3.05, 3.63) is 0 Å². The highest BCUT2D eigenvalue weighted by Crippen LogP contribution is 2.29. The lowest BCUT2D eigenvalue weighted by molar-refractivity contribution is -0.167. The summed E-state index contributed by atoms with van der Waals surface area (Å²) in [6.45, 7) is 8.41. The predicted molar refractivity (Wildman–Crippen MR) is 71.9 cm³/mol. The van der Waals surface area contributed by atoms with Crippen LogP contribution in [0.1, 0.15) is 33.6 Å². The number of rotatable bonds is 2. The van der Waals surface area contributed by atoms with Crippen molar-refractivity contribution in [2.45, 2.75) is 57.4 Å². The van der Waals surface area contributed by atoms with E-state index in [-0.39, 0.29) is 17.6 Å². The van der Waals surface area contributed by atoms with Crippen LogP contribution in [0, 0.1) is 0 Å². The molecule has 0 spiro atoms. The van der Waals surface area contributed by atoms with Gasteiger partial charge in [-0.2, -0.15) is 13.2 Å². The van der Waals surface area contributed by atoms with Crippen LogP contribution in [0.4, 0.5) is 13.2 Å². The molecule has 2 heterocycles. The third-order valence-corrected chi connectivity index (χ3v) is 4.13. The molecule has 2 rings (SSSR count). The molecule has 21 heavy (non-hydrogen) atoms. The van der Waals surface area contributed by atoms with Crippen molar-refractivity contribution >= 4 is 5.91 Å². The highest BCUT2D eigenvalue weighted by molar-refractivity contribution is 5.77. The summed E-state index contributed by atoms with van der Waals surface area (Å²) in [5, 5.41) is 0. The van der Waals surface area contributed by atoms with Crippen molar-refractivity contribution in [3.8, 4) is 0 Å². The summed E-state index contributed by atoms with van der Waals surface area (Å²) in [5.41, 5.74) is -0.0189. The van der Waals surface area contributed by atoms with E-state index in [1.54, 1.807) is 4.90 Å². The van der Waals surface area contributed by atoms with Crippen molar-refractivity contribution in [3.63, 3.8) is 0 Å². The lowest BCUT2D eigenvalue weighted by atomic mass is 9.97. The van der Waals surface area contributed by atoms with Crippen molar-refractivity contribution in [2.75, 3.05) is 26.3 Å². The minimum Gasteiger partial charge on any atom is -0.377 e. The standard InChI is InChI=1S/C14H23F3N2O2/c1-13(2,3)18-6-10-8-21-9-11(7-18)19(10)12(20)4-5-14(15,16)17/h10-11H,4-9H2,1-3H3. The van der Waals surface area contributed by atoms with Crippen LogP contribution in [-0.2, 0) is 9.53 Å². The number of alkyl halides is 3. The minimum absolute atomic E-state index is 0.0189. The molecular formula is C14H23F3N2O2. The molecule has 2 aliphatic rings.